The van der Waals surface area contributed by atoms with Gasteiger partial charge in [0.25, 0.3) is 0 Å². The van der Waals surface area contributed by atoms with Gasteiger partial charge in [0, 0.05) is 10.7 Å². The van der Waals surface area contributed by atoms with E-state index in [1.165, 1.54) is 0 Å². The van der Waals surface area contributed by atoms with Crippen LogP contribution in [0.4, 0.5) is 5.69 Å². The molecule has 0 saturated heterocycles. The lowest BCUT2D eigenvalue weighted by Crippen LogP contribution is -2.10. The first-order valence-electron chi connectivity index (χ1n) is 3.44. The van der Waals surface area contributed by atoms with Crippen molar-refractivity contribution in [1.82, 2.24) is 0 Å². The quantitative estimate of drug-likeness (QED) is 0.667. The number of rotatable bonds is 2. The summed E-state index contributed by atoms with van der Waals surface area (Å²) in [4.78, 5) is 0. The van der Waals surface area contributed by atoms with Gasteiger partial charge in [-0.25, -0.2) is 0 Å². The molecule has 0 atom stereocenters. The van der Waals surface area contributed by atoms with Crippen molar-refractivity contribution in [3.05, 3.63) is 28.8 Å². The summed E-state index contributed by atoms with van der Waals surface area (Å²) in [6, 6.07) is 5.78. The molecule has 3 N–H and O–H groups in total. The van der Waals surface area contributed by atoms with E-state index in [0.29, 0.717) is 6.67 Å². The van der Waals surface area contributed by atoms with Crippen LogP contribution in [0.2, 0.25) is 5.02 Å². The van der Waals surface area contributed by atoms with Crippen molar-refractivity contribution in [1.29, 1.82) is 0 Å². The smallest absolute Gasteiger partial charge is 0.0628 e. The van der Waals surface area contributed by atoms with Crippen molar-refractivity contribution in [3.8, 4) is 0 Å². The maximum absolute atomic E-state index is 5.87. The maximum atomic E-state index is 5.87. The summed E-state index contributed by atoms with van der Waals surface area (Å²) >= 11 is 5.87. The molecule has 0 spiro atoms. The number of nitrogens with two attached hydrogens (primary N) is 1. The van der Waals surface area contributed by atoms with Gasteiger partial charge >= 0.3 is 0 Å². The lowest BCUT2D eigenvalue weighted by Gasteiger charge is -2.04. The highest BCUT2D eigenvalue weighted by molar-refractivity contribution is 6.31. The predicted octanol–water partition coefficient (Wildman–Crippen LogP) is 1.98. The Bertz CT molecular complexity index is 248. The van der Waals surface area contributed by atoms with Crippen LogP contribution in [0.5, 0.6) is 0 Å². The Balaban J connectivity index is 2.86. The molecule has 0 saturated carbocycles. The van der Waals surface area contributed by atoms with Crippen LogP contribution in [0.25, 0.3) is 0 Å². The number of aryl methyl sites for hydroxylation is 1. The van der Waals surface area contributed by atoms with Gasteiger partial charge in [0.1, 0.15) is 0 Å². The Morgan fingerprint density at radius 1 is 1.55 bits per heavy atom. The SMILES string of the molecule is Cc1ccc(NCN)cc1Cl. The van der Waals surface area contributed by atoms with E-state index in [1.807, 2.05) is 25.1 Å². The molecule has 0 aliphatic rings. The molecule has 1 aromatic rings. The van der Waals surface area contributed by atoms with E-state index in [2.05, 4.69) is 5.32 Å². The molecule has 1 rings (SSSR count). The monoisotopic (exact) mass is 170 g/mol. The molecular formula is C8H11ClN2. The standard InChI is InChI=1S/C8H11ClN2/c1-6-2-3-7(11-5-10)4-8(6)9/h2-4,11H,5,10H2,1H3. The Kier molecular flexibility index (Phi) is 2.74. The van der Waals surface area contributed by atoms with E-state index >= 15 is 0 Å². The Morgan fingerprint density at radius 2 is 2.27 bits per heavy atom. The Hall–Kier alpha value is -0.730. The topological polar surface area (TPSA) is 38.0 Å². The first-order valence-corrected chi connectivity index (χ1v) is 3.82. The molecule has 0 radical (unpaired) electrons. The average molecular weight is 171 g/mol. The van der Waals surface area contributed by atoms with Crippen molar-refractivity contribution >= 4 is 17.3 Å². The maximum Gasteiger partial charge on any atom is 0.0628 e. The van der Waals surface area contributed by atoms with Crippen LogP contribution in [-0.4, -0.2) is 6.67 Å². The van der Waals surface area contributed by atoms with Gasteiger partial charge in [-0.1, -0.05) is 17.7 Å². The fourth-order valence-corrected chi connectivity index (χ4v) is 1.00. The van der Waals surface area contributed by atoms with Gasteiger partial charge in [0.2, 0.25) is 0 Å². The normalized spacial score (nSPS) is 9.73. The molecule has 0 unspecified atom stereocenters. The Labute approximate surface area is 71.4 Å². The van der Waals surface area contributed by atoms with E-state index in [-0.39, 0.29) is 0 Å². The number of hydrogen-bond acceptors (Lipinski definition) is 2. The molecule has 11 heavy (non-hydrogen) atoms. The van der Waals surface area contributed by atoms with Gasteiger partial charge in [0.15, 0.2) is 0 Å². The van der Waals surface area contributed by atoms with Gasteiger partial charge in [-0.15, -0.1) is 0 Å². The molecule has 2 nitrogen and oxygen atoms in total. The lowest BCUT2D eigenvalue weighted by atomic mass is 10.2. The van der Waals surface area contributed by atoms with Crippen molar-refractivity contribution in [3.63, 3.8) is 0 Å². The second-order valence-corrected chi connectivity index (χ2v) is 2.75. The van der Waals surface area contributed by atoms with E-state index < -0.39 is 0 Å². The summed E-state index contributed by atoms with van der Waals surface area (Å²) in [5.74, 6) is 0. The molecule has 0 heterocycles. The third-order valence-corrected chi connectivity index (χ3v) is 1.89. The highest BCUT2D eigenvalue weighted by Crippen LogP contribution is 2.19. The van der Waals surface area contributed by atoms with Crippen molar-refractivity contribution < 1.29 is 0 Å². The van der Waals surface area contributed by atoms with Gasteiger partial charge in [0.05, 0.1) is 6.67 Å². The number of anilines is 1. The van der Waals surface area contributed by atoms with E-state index in [1.54, 1.807) is 0 Å². The number of halogens is 1. The average Bonchev–Trinajstić information content (AvgIpc) is 1.98. The van der Waals surface area contributed by atoms with Gasteiger partial charge in [-0.05, 0) is 24.6 Å². The summed E-state index contributed by atoms with van der Waals surface area (Å²) in [5, 5.41) is 3.74. The molecule has 0 aliphatic carbocycles. The summed E-state index contributed by atoms with van der Waals surface area (Å²) < 4.78 is 0. The van der Waals surface area contributed by atoms with Crippen LogP contribution in [0.3, 0.4) is 0 Å². The van der Waals surface area contributed by atoms with Crippen LogP contribution in [0, 0.1) is 6.92 Å². The minimum Gasteiger partial charge on any atom is -0.373 e. The molecule has 60 valence electrons. The zero-order chi connectivity index (χ0) is 8.27. The zero-order valence-corrected chi connectivity index (χ0v) is 7.15. The number of benzene rings is 1. The van der Waals surface area contributed by atoms with Gasteiger partial charge in [-0.2, -0.15) is 0 Å². The van der Waals surface area contributed by atoms with Crippen molar-refractivity contribution in [2.24, 2.45) is 5.73 Å². The minimum atomic E-state index is 0.430. The third kappa shape index (κ3) is 2.10. The van der Waals surface area contributed by atoms with Crippen molar-refractivity contribution in [2.75, 3.05) is 12.0 Å². The fourth-order valence-electron chi connectivity index (χ4n) is 0.821. The van der Waals surface area contributed by atoms with Gasteiger partial charge in [-0.3, -0.25) is 0 Å². The highest BCUT2D eigenvalue weighted by Gasteiger charge is 1.94. The first-order chi connectivity index (χ1) is 5.24. The largest absolute Gasteiger partial charge is 0.373 e. The molecule has 0 aliphatic heterocycles. The molecule has 1 aromatic carbocycles. The number of nitrogens with one attached hydrogen (secondary N) is 1. The Morgan fingerprint density at radius 3 is 2.82 bits per heavy atom. The number of hydrogen-bond donors (Lipinski definition) is 2. The van der Waals surface area contributed by atoms with E-state index in [4.69, 9.17) is 17.3 Å². The fraction of sp³-hybridized carbons (Fsp3) is 0.250. The summed E-state index contributed by atoms with van der Waals surface area (Å²) in [7, 11) is 0. The molecule has 0 aromatic heterocycles. The van der Waals surface area contributed by atoms with Gasteiger partial charge < -0.3 is 11.1 Å². The second-order valence-electron chi connectivity index (χ2n) is 2.34. The van der Waals surface area contributed by atoms with Crippen LogP contribution < -0.4 is 11.1 Å². The molecule has 0 amide bonds. The summed E-state index contributed by atoms with van der Waals surface area (Å²) in [6.07, 6.45) is 0. The van der Waals surface area contributed by atoms with Crippen LogP contribution in [0.15, 0.2) is 18.2 Å². The molecule has 3 heteroatoms. The first kappa shape index (κ1) is 8.37. The van der Waals surface area contributed by atoms with Crippen LogP contribution >= 0.6 is 11.6 Å². The molecule has 0 bridgehead atoms. The predicted molar refractivity (Wildman–Crippen MR) is 48.9 cm³/mol. The highest BCUT2D eigenvalue weighted by atomic mass is 35.5. The minimum absolute atomic E-state index is 0.430. The zero-order valence-electron chi connectivity index (χ0n) is 6.39. The van der Waals surface area contributed by atoms with Crippen molar-refractivity contribution in [2.45, 2.75) is 6.92 Å². The summed E-state index contributed by atoms with van der Waals surface area (Å²) in [5.41, 5.74) is 7.33. The van der Waals surface area contributed by atoms with E-state index in [9.17, 15) is 0 Å². The van der Waals surface area contributed by atoms with Crippen LogP contribution in [-0.2, 0) is 0 Å². The van der Waals surface area contributed by atoms with Crippen LogP contribution in [0.1, 0.15) is 5.56 Å². The summed E-state index contributed by atoms with van der Waals surface area (Å²) in [6.45, 7) is 2.40. The molecular weight excluding hydrogens is 160 g/mol. The van der Waals surface area contributed by atoms with E-state index in [0.717, 1.165) is 16.3 Å². The third-order valence-electron chi connectivity index (χ3n) is 1.48. The lowest BCUT2D eigenvalue weighted by molar-refractivity contribution is 1.14. The second kappa shape index (κ2) is 3.60. The molecule has 0 fully saturated rings.